The zero-order valence-corrected chi connectivity index (χ0v) is 20.3. The Kier molecular flexibility index (Phi) is 8.83. The number of ketones is 1. The lowest BCUT2D eigenvalue weighted by Gasteiger charge is -2.35. The maximum absolute atomic E-state index is 12.7. The first kappa shape index (κ1) is 25.5. The molecule has 7 heteroatoms. The fourth-order valence-electron chi connectivity index (χ4n) is 3.70. The van der Waals surface area contributed by atoms with Crippen LogP contribution >= 0.6 is 0 Å². The number of rotatable bonds is 9. The molecule has 31 heavy (non-hydrogen) atoms. The van der Waals surface area contributed by atoms with Crippen molar-refractivity contribution in [3.8, 4) is 0 Å². The van der Waals surface area contributed by atoms with E-state index in [1.165, 1.54) is 0 Å². The molecule has 0 aliphatic carbocycles. The number of hydrogen-bond acceptors (Lipinski definition) is 5. The Balaban J connectivity index is 1.76. The summed E-state index contributed by atoms with van der Waals surface area (Å²) in [6.07, 6.45) is 2.84. The molecule has 1 saturated heterocycles. The summed E-state index contributed by atoms with van der Waals surface area (Å²) < 4.78 is 29.2. The molecule has 0 saturated carbocycles. The summed E-state index contributed by atoms with van der Waals surface area (Å²) in [5.74, 6) is 0.291. The number of carbonyl (C=O) groups is 2. The highest BCUT2D eigenvalue weighted by Gasteiger charge is 2.28. The van der Waals surface area contributed by atoms with Crippen molar-refractivity contribution in [3.05, 3.63) is 35.4 Å². The average molecular weight is 452 g/mol. The molecule has 1 aliphatic rings. The van der Waals surface area contributed by atoms with Crippen molar-refractivity contribution in [2.75, 3.05) is 18.8 Å². The van der Waals surface area contributed by atoms with E-state index in [0.717, 1.165) is 12.0 Å². The van der Waals surface area contributed by atoms with Crippen molar-refractivity contribution in [1.82, 2.24) is 4.90 Å². The summed E-state index contributed by atoms with van der Waals surface area (Å²) in [6, 6.07) is 7.25. The molecule has 0 spiro atoms. The van der Waals surface area contributed by atoms with Crippen molar-refractivity contribution in [2.24, 2.45) is 0 Å². The highest BCUT2D eigenvalue weighted by Crippen LogP contribution is 2.18. The number of unbranched alkanes of at least 4 members (excludes halogenated alkanes) is 2. The molecule has 0 aromatic heterocycles. The Morgan fingerprint density at radius 2 is 1.58 bits per heavy atom. The minimum atomic E-state index is -3.10. The average Bonchev–Trinajstić information content (AvgIpc) is 2.66. The van der Waals surface area contributed by atoms with E-state index in [4.69, 9.17) is 4.74 Å². The Hall–Kier alpha value is -1.73. The second-order valence-electron chi connectivity index (χ2n) is 9.62. The lowest BCUT2D eigenvalue weighted by atomic mass is 10.0. The van der Waals surface area contributed by atoms with Gasteiger partial charge in [-0.05, 0) is 65.2 Å². The number of carbonyl (C=O) groups excluding carboxylic acids is 2. The predicted molar refractivity (Wildman–Crippen MR) is 123 cm³/mol. The van der Waals surface area contributed by atoms with Crippen LogP contribution in [0.2, 0.25) is 0 Å². The van der Waals surface area contributed by atoms with E-state index >= 15 is 0 Å². The monoisotopic (exact) mass is 451 g/mol. The van der Waals surface area contributed by atoms with Crippen molar-refractivity contribution in [3.63, 3.8) is 0 Å². The van der Waals surface area contributed by atoms with Crippen LogP contribution < -0.4 is 0 Å². The van der Waals surface area contributed by atoms with Crippen LogP contribution in [-0.2, 0) is 25.8 Å². The molecular formula is C24H37NO5S. The Morgan fingerprint density at radius 1 is 1.00 bits per heavy atom. The van der Waals surface area contributed by atoms with Gasteiger partial charge in [0.1, 0.15) is 5.78 Å². The third-order valence-electron chi connectivity index (χ3n) is 5.61. The predicted octanol–water partition coefficient (Wildman–Crippen LogP) is 3.82. The lowest BCUT2D eigenvalue weighted by Crippen LogP contribution is -2.48. The minimum Gasteiger partial charge on any atom is -0.372 e. The molecule has 6 nitrogen and oxygen atoms in total. The number of amides is 1. The number of ether oxygens (including phenoxy) is 1. The topological polar surface area (TPSA) is 80.8 Å². The van der Waals surface area contributed by atoms with Crippen LogP contribution in [0.4, 0.5) is 0 Å². The summed E-state index contributed by atoms with van der Waals surface area (Å²) in [4.78, 5) is 26.8. The second kappa shape index (κ2) is 10.7. The molecule has 0 N–H and O–H groups in total. The fourth-order valence-corrected chi connectivity index (χ4v) is 4.90. The summed E-state index contributed by atoms with van der Waals surface area (Å²) in [6.45, 7) is 10.2. The molecule has 0 bridgehead atoms. The van der Waals surface area contributed by atoms with Crippen LogP contribution in [0.3, 0.4) is 0 Å². The third kappa shape index (κ3) is 7.72. The molecule has 174 valence electrons. The van der Waals surface area contributed by atoms with Crippen LogP contribution in [0.25, 0.3) is 0 Å². The standard InChI is InChI=1S/C24H37NO5S/c1-18-16-25(17-19(2)30-18)23(27)21-12-10-20(11-13-21)15-22(26)9-7-6-8-14-31(28,29)24(3,4)5/h10-13,18-19H,6-9,14-17H2,1-5H3/t18-,19+. The van der Waals surface area contributed by atoms with Gasteiger partial charge in [-0.1, -0.05) is 18.6 Å². The van der Waals surface area contributed by atoms with Gasteiger partial charge in [-0.3, -0.25) is 9.59 Å². The van der Waals surface area contributed by atoms with Gasteiger partial charge in [0, 0.05) is 31.5 Å². The van der Waals surface area contributed by atoms with Crippen LogP contribution in [0, 0.1) is 0 Å². The lowest BCUT2D eigenvalue weighted by molar-refractivity contribution is -0.118. The van der Waals surface area contributed by atoms with E-state index in [1.807, 2.05) is 30.9 Å². The Morgan fingerprint density at radius 3 is 2.13 bits per heavy atom. The molecule has 1 amide bonds. The number of sulfone groups is 1. The maximum atomic E-state index is 12.7. The molecule has 1 aliphatic heterocycles. The SMILES string of the molecule is C[C@@H]1CN(C(=O)c2ccc(CC(=O)CCCCCS(=O)(=O)C(C)(C)C)cc2)C[C@H](C)O1. The van der Waals surface area contributed by atoms with Crippen LogP contribution in [0.1, 0.15) is 76.2 Å². The summed E-state index contributed by atoms with van der Waals surface area (Å²) in [7, 11) is -3.10. The molecule has 1 aromatic carbocycles. The van der Waals surface area contributed by atoms with E-state index in [2.05, 4.69) is 0 Å². The van der Waals surface area contributed by atoms with Crippen molar-refractivity contribution in [1.29, 1.82) is 0 Å². The molecule has 0 unspecified atom stereocenters. The molecule has 1 aromatic rings. The first-order chi connectivity index (χ1) is 14.4. The van der Waals surface area contributed by atoms with Crippen LogP contribution in [0.15, 0.2) is 24.3 Å². The molecule has 2 atom stereocenters. The van der Waals surface area contributed by atoms with E-state index < -0.39 is 14.6 Å². The van der Waals surface area contributed by atoms with Crippen LogP contribution in [0.5, 0.6) is 0 Å². The number of hydrogen-bond donors (Lipinski definition) is 0. The highest BCUT2D eigenvalue weighted by molar-refractivity contribution is 7.92. The van der Waals surface area contributed by atoms with Crippen molar-refractivity contribution in [2.45, 2.75) is 83.7 Å². The summed E-state index contributed by atoms with van der Waals surface area (Å²) in [5.41, 5.74) is 1.51. The highest BCUT2D eigenvalue weighted by atomic mass is 32.2. The first-order valence-electron chi connectivity index (χ1n) is 11.2. The summed E-state index contributed by atoms with van der Waals surface area (Å²) >= 11 is 0. The zero-order chi connectivity index (χ0) is 23.2. The van der Waals surface area contributed by atoms with Gasteiger partial charge in [0.2, 0.25) is 0 Å². The quantitative estimate of drug-likeness (QED) is 0.533. The van der Waals surface area contributed by atoms with Gasteiger partial charge in [0.15, 0.2) is 9.84 Å². The number of Topliss-reactive ketones (excluding diaryl/α,β-unsaturated/α-hetero) is 1. The van der Waals surface area contributed by atoms with Gasteiger partial charge in [0.05, 0.1) is 22.7 Å². The smallest absolute Gasteiger partial charge is 0.254 e. The number of benzene rings is 1. The number of morpholine rings is 1. The minimum absolute atomic E-state index is 0.00918. The van der Waals surface area contributed by atoms with E-state index in [9.17, 15) is 18.0 Å². The van der Waals surface area contributed by atoms with E-state index in [1.54, 1.807) is 32.9 Å². The fraction of sp³-hybridized carbons (Fsp3) is 0.667. The second-order valence-corrected chi connectivity index (χ2v) is 12.5. The number of nitrogens with zero attached hydrogens (tertiary/aromatic N) is 1. The van der Waals surface area contributed by atoms with Crippen molar-refractivity contribution < 1.29 is 22.7 Å². The maximum Gasteiger partial charge on any atom is 0.254 e. The Bertz CT molecular complexity index is 845. The van der Waals surface area contributed by atoms with Gasteiger partial charge < -0.3 is 9.64 Å². The van der Waals surface area contributed by atoms with Gasteiger partial charge in [-0.2, -0.15) is 0 Å². The summed E-state index contributed by atoms with van der Waals surface area (Å²) in [5, 5.41) is 0. The molecule has 0 radical (unpaired) electrons. The molecular weight excluding hydrogens is 414 g/mol. The third-order valence-corrected chi connectivity index (χ3v) is 8.30. The van der Waals surface area contributed by atoms with Crippen molar-refractivity contribution >= 4 is 21.5 Å². The normalized spacial score (nSPS) is 20.0. The van der Waals surface area contributed by atoms with E-state index in [-0.39, 0.29) is 29.7 Å². The van der Waals surface area contributed by atoms with Gasteiger partial charge >= 0.3 is 0 Å². The molecule has 2 rings (SSSR count). The zero-order valence-electron chi connectivity index (χ0n) is 19.5. The Labute approximate surface area is 187 Å². The van der Waals surface area contributed by atoms with Gasteiger partial charge in [-0.15, -0.1) is 0 Å². The molecule has 1 heterocycles. The van der Waals surface area contributed by atoms with Gasteiger partial charge in [0.25, 0.3) is 5.91 Å². The first-order valence-corrected chi connectivity index (χ1v) is 12.8. The molecule has 1 fully saturated rings. The van der Waals surface area contributed by atoms with Gasteiger partial charge in [-0.25, -0.2) is 8.42 Å². The van der Waals surface area contributed by atoms with Crippen LogP contribution in [-0.4, -0.2) is 60.8 Å². The van der Waals surface area contributed by atoms with E-state index in [0.29, 0.717) is 44.3 Å². The largest absolute Gasteiger partial charge is 0.372 e.